The van der Waals surface area contributed by atoms with Gasteiger partial charge in [0.15, 0.2) is 0 Å². The highest BCUT2D eigenvalue weighted by atomic mass is 16.2. The second-order valence-corrected chi connectivity index (χ2v) is 2.89. The maximum absolute atomic E-state index is 11.1. The summed E-state index contributed by atoms with van der Waals surface area (Å²) >= 11 is 0. The Labute approximate surface area is 76.6 Å². The molecule has 13 heavy (non-hydrogen) atoms. The van der Waals surface area contributed by atoms with Gasteiger partial charge in [0.2, 0.25) is 11.8 Å². The van der Waals surface area contributed by atoms with Crippen LogP contribution in [0.25, 0.3) is 0 Å². The Morgan fingerprint density at radius 3 is 1.38 bits per heavy atom. The summed E-state index contributed by atoms with van der Waals surface area (Å²) in [5.74, 6) is -1.51. The van der Waals surface area contributed by atoms with Crippen LogP contribution in [-0.4, -0.2) is 24.9 Å². The Morgan fingerprint density at radius 2 is 1.23 bits per heavy atom. The fourth-order valence-electron chi connectivity index (χ4n) is 1.23. The van der Waals surface area contributed by atoms with E-state index in [1.807, 2.05) is 0 Å². The highest BCUT2D eigenvalue weighted by Gasteiger charge is 2.41. The molecule has 0 aliphatic rings. The summed E-state index contributed by atoms with van der Waals surface area (Å²) in [5, 5.41) is 0. The molecule has 0 saturated carbocycles. The van der Waals surface area contributed by atoms with Crippen molar-refractivity contribution < 1.29 is 9.59 Å². The predicted molar refractivity (Wildman–Crippen MR) is 48.2 cm³/mol. The molecule has 0 rings (SSSR count). The zero-order chi connectivity index (χ0) is 10.5. The summed E-state index contributed by atoms with van der Waals surface area (Å²) in [5.41, 5.74) is 19.3. The van der Waals surface area contributed by atoms with Gasteiger partial charge in [-0.05, 0) is 25.9 Å². The van der Waals surface area contributed by atoms with Gasteiger partial charge in [-0.1, -0.05) is 0 Å². The van der Waals surface area contributed by atoms with E-state index < -0.39 is 17.2 Å². The molecule has 2 amide bonds. The molecule has 0 aliphatic carbocycles. The normalized spacial score (nSPS) is 11.2. The topological polar surface area (TPSA) is 138 Å². The minimum absolute atomic E-state index is 0.148. The van der Waals surface area contributed by atoms with E-state index in [0.717, 1.165) is 0 Å². The molecule has 0 aromatic heterocycles. The quantitative estimate of drug-likeness (QED) is 0.346. The van der Waals surface area contributed by atoms with Crippen molar-refractivity contribution in [1.82, 2.24) is 0 Å². The fraction of sp³-hybridized carbons (Fsp3) is 0.714. The molecule has 0 aliphatic heterocycles. The summed E-state index contributed by atoms with van der Waals surface area (Å²) in [6.45, 7) is 0.345. The maximum Gasteiger partial charge on any atom is 0.233 e. The minimum Gasteiger partial charge on any atom is -0.369 e. The van der Waals surface area contributed by atoms with Crippen LogP contribution in [0.2, 0.25) is 0 Å². The molecule has 0 unspecified atom stereocenters. The lowest BCUT2D eigenvalue weighted by atomic mass is 9.79. The third-order valence-corrected chi connectivity index (χ3v) is 2.09. The lowest BCUT2D eigenvalue weighted by Gasteiger charge is -2.25. The molecule has 0 fully saturated rings. The van der Waals surface area contributed by atoms with E-state index in [4.69, 9.17) is 22.9 Å². The Hall–Kier alpha value is -1.14. The first-order valence-electron chi connectivity index (χ1n) is 4.01. The molecule has 6 heteroatoms. The monoisotopic (exact) mass is 188 g/mol. The molecule has 0 bridgehead atoms. The summed E-state index contributed by atoms with van der Waals surface area (Å²) in [7, 11) is 0. The standard InChI is InChI=1S/C7H16N4O2/c8-3-1-7(2-4-9,5(10)12)6(11)13/h1-4,8-9H2,(H2,10,12)(H2,11,13). The zero-order valence-corrected chi connectivity index (χ0v) is 7.45. The number of hydrogen-bond acceptors (Lipinski definition) is 4. The van der Waals surface area contributed by atoms with Crippen molar-refractivity contribution in [2.45, 2.75) is 12.8 Å². The first-order valence-corrected chi connectivity index (χ1v) is 4.01. The van der Waals surface area contributed by atoms with Crippen LogP contribution in [0.5, 0.6) is 0 Å². The van der Waals surface area contributed by atoms with Gasteiger partial charge in [0.05, 0.1) is 0 Å². The summed E-state index contributed by atoms with van der Waals surface area (Å²) in [6, 6.07) is 0. The SMILES string of the molecule is NCCC(CCN)(C(N)=O)C(N)=O. The Morgan fingerprint density at radius 1 is 0.923 bits per heavy atom. The largest absolute Gasteiger partial charge is 0.369 e. The predicted octanol–water partition coefficient (Wildman–Crippen LogP) is -2.36. The minimum atomic E-state index is -1.37. The molecule has 8 N–H and O–H groups in total. The number of carbonyl (C=O) groups is 2. The van der Waals surface area contributed by atoms with Crippen LogP contribution in [0.15, 0.2) is 0 Å². The summed E-state index contributed by atoms with van der Waals surface area (Å²) < 4.78 is 0. The third kappa shape index (κ3) is 2.40. The molecular formula is C7H16N4O2. The fourth-order valence-corrected chi connectivity index (χ4v) is 1.23. The van der Waals surface area contributed by atoms with Crippen molar-refractivity contribution in [2.24, 2.45) is 28.3 Å². The van der Waals surface area contributed by atoms with Gasteiger partial charge >= 0.3 is 0 Å². The second-order valence-electron chi connectivity index (χ2n) is 2.89. The van der Waals surface area contributed by atoms with Crippen molar-refractivity contribution >= 4 is 11.8 Å². The Kier molecular flexibility index (Phi) is 4.36. The van der Waals surface area contributed by atoms with Gasteiger partial charge < -0.3 is 22.9 Å². The molecule has 76 valence electrons. The van der Waals surface area contributed by atoms with Gasteiger partial charge in [-0.3, -0.25) is 9.59 Å². The number of carbonyl (C=O) groups excluding carboxylic acids is 2. The van der Waals surface area contributed by atoms with Crippen LogP contribution in [0.1, 0.15) is 12.8 Å². The van der Waals surface area contributed by atoms with Gasteiger partial charge in [0, 0.05) is 0 Å². The van der Waals surface area contributed by atoms with Crippen molar-refractivity contribution in [1.29, 1.82) is 0 Å². The van der Waals surface area contributed by atoms with Crippen molar-refractivity contribution in [3.63, 3.8) is 0 Å². The van der Waals surface area contributed by atoms with Gasteiger partial charge in [0.25, 0.3) is 0 Å². The lowest BCUT2D eigenvalue weighted by molar-refractivity contribution is -0.140. The first kappa shape index (κ1) is 11.9. The maximum atomic E-state index is 11.1. The van der Waals surface area contributed by atoms with E-state index in [-0.39, 0.29) is 25.9 Å². The Balaban J connectivity index is 4.80. The van der Waals surface area contributed by atoms with E-state index in [1.165, 1.54) is 0 Å². The average molecular weight is 188 g/mol. The van der Waals surface area contributed by atoms with Crippen molar-refractivity contribution in [2.75, 3.05) is 13.1 Å². The van der Waals surface area contributed by atoms with Gasteiger partial charge in [-0.15, -0.1) is 0 Å². The molecule has 0 spiro atoms. The molecule has 6 nitrogen and oxygen atoms in total. The highest BCUT2D eigenvalue weighted by Crippen LogP contribution is 2.24. The molecule has 0 saturated heterocycles. The molecule has 0 aromatic rings. The van der Waals surface area contributed by atoms with E-state index >= 15 is 0 Å². The van der Waals surface area contributed by atoms with Crippen LogP contribution in [-0.2, 0) is 9.59 Å². The molecule has 0 heterocycles. The second kappa shape index (κ2) is 4.78. The smallest absolute Gasteiger partial charge is 0.233 e. The molecule has 0 atom stereocenters. The van der Waals surface area contributed by atoms with E-state index in [1.54, 1.807) is 0 Å². The van der Waals surface area contributed by atoms with Crippen LogP contribution in [0.4, 0.5) is 0 Å². The number of nitrogens with two attached hydrogens (primary N) is 4. The number of rotatable bonds is 6. The molecule has 0 radical (unpaired) electrons. The van der Waals surface area contributed by atoms with E-state index in [9.17, 15) is 9.59 Å². The number of primary amides is 2. The van der Waals surface area contributed by atoms with Crippen molar-refractivity contribution in [3.05, 3.63) is 0 Å². The van der Waals surface area contributed by atoms with Crippen LogP contribution in [0.3, 0.4) is 0 Å². The van der Waals surface area contributed by atoms with Gasteiger partial charge in [-0.2, -0.15) is 0 Å². The number of amides is 2. The first-order chi connectivity index (χ1) is 6.01. The zero-order valence-electron chi connectivity index (χ0n) is 7.45. The summed E-state index contributed by atoms with van der Waals surface area (Å²) in [6.07, 6.45) is 0.295. The van der Waals surface area contributed by atoms with Crippen LogP contribution in [0, 0.1) is 5.41 Å². The van der Waals surface area contributed by atoms with E-state index in [2.05, 4.69) is 0 Å². The highest BCUT2D eigenvalue weighted by molar-refractivity contribution is 6.03. The Bertz CT molecular complexity index is 183. The van der Waals surface area contributed by atoms with Gasteiger partial charge in [-0.25, -0.2) is 0 Å². The lowest BCUT2D eigenvalue weighted by Crippen LogP contribution is -2.49. The summed E-state index contributed by atoms with van der Waals surface area (Å²) in [4.78, 5) is 22.1. The van der Waals surface area contributed by atoms with Crippen LogP contribution >= 0.6 is 0 Å². The van der Waals surface area contributed by atoms with Crippen molar-refractivity contribution in [3.8, 4) is 0 Å². The van der Waals surface area contributed by atoms with Crippen LogP contribution < -0.4 is 22.9 Å². The van der Waals surface area contributed by atoms with Gasteiger partial charge in [0.1, 0.15) is 5.41 Å². The molecule has 0 aromatic carbocycles. The van der Waals surface area contributed by atoms with E-state index in [0.29, 0.717) is 0 Å². The number of hydrogen-bond donors (Lipinski definition) is 4. The third-order valence-electron chi connectivity index (χ3n) is 2.09. The molecular weight excluding hydrogens is 172 g/mol. The average Bonchev–Trinajstić information content (AvgIpc) is 2.03.